The Kier molecular flexibility index (Phi) is 6.68. The van der Waals surface area contributed by atoms with E-state index in [0.717, 1.165) is 6.26 Å². The fraction of sp³-hybridized carbons (Fsp3) is 0.263. The minimum Gasteiger partial charge on any atom is -0.465 e. The molecule has 2 aromatic rings. The van der Waals surface area contributed by atoms with Gasteiger partial charge in [0.1, 0.15) is 12.2 Å². The number of carbonyl (C=O) groups is 1. The fourth-order valence-corrected chi connectivity index (χ4v) is 3.24. The summed E-state index contributed by atoms with van der Waals surface area (Å²) in [5.41, 5.74) is -1.19. The molecule has 6 nitrogen and oxygen atoms in total. The average molecular weight is 428 g/mol. The molecule has 0 N–H and O–H groups in total. The molecule has 0 spiro atoms. The van der Waals surface area contributed by atoms with Crippen LogP contribution in [0.1, 0.15) is 18.2 Å². The molecule has 156 valence electrons. The minimum atomic E-state index is -4.80. The van der Waals surface area contributed by atoms with Crippen molar-refractivity contribution in [2.45, 2.75) is 24.5 Å². The molecule has 2 rings (SSSR count). The van der Waals surface area contributed by atoms with Gasteiger partial charge in [-0.25, -0.2) is 13.1 Å². The molecule has 0 unspecified atom stereocenters. The molecule has 29 heavy (non-hydrogen) atoms. The summed E-state index contributed by atoms with van der Waals surface area (Å²) in [4.78, 5) is 11.8. The van der Waals surface area contributed by atoms with Gasteiger partial charge < -0.3 is 4.74 Å². The zero-order valence-corrected chi connectivity index (χ0v) is 16.5. The molecule has 0 saturated carbocycles. The third kappa shape index (κ3) is 5.35. The number of rotatable bonds is 7. The first-order valence-electron chi connectivity index (χ1n) is 8.42. The number of allylic oxidation sites excluding steroid dienone is 2. The topological polar surface area (TPSA) is 78.3 Å². The Bertz CT molecular complexity index is 1040. The summed E-state index contributed by atoms with van der Waals surface area (Å²) in [6.07, 6.45) is 0.0281. The SMILES string of the molecule is C=C/C=C/c1c(-c2ccc(S(C)(=O)=O)cc2)nn(CC(=O)OCC)c1C(F)(F)F. The van der Waals surface area contributed by atoms with Crippen molar-refractivity contribution < 1.29 is 31.1 Å². The van der Waals surface area contributed by atoms with E-state index in [1.54, 1.807) is 6.92 Å². The molecular weight excluding hydrogens is 409 g/mol. The van der Waals surface area contributed by atoms with Crippen LogP contribution in [-0.4, -0.2) is 37.0 Å². The van der Waals surface area contributed by atoms with Crippen LogP contribution in [0.2, 0.25) is 0 Å². The Morgan fingerprint density at radius 2 is 1.90 bits per heavy atom. The molecule has 0 atom stereocenters. The van der Waals surface area contributed by atoms with Gasteiger partial charge >= 0.3 is 12.1 Å². The van der Waals surface area contributed by atoms with E-state index in [1.165, 1.54) is 42.5 Å². The van der Waals surface area contributed by atoms with Gasteiger partial charge in [-0.2, -0.15) is 18.3 Å². The molecule has 0 saturated heterocycles. The van der Waals surface area contributed by atoms with Crippen molar-refractivity contribution in [1.82, 2.24) is 9.78 Å². The average Bonchev–Trinajstić information content (AvgIpc) is 2.97. The summed E-state index contributed by atoms with van der Waals surface area (Å²) in [5.74, 6) is -0.862. The summed E-state index contributed by atoms with van der Waals surface area (Å²) in [5, 5.41) is 3.97. The number of esters is 1. The van der Waals surface area contributed by atoms with Gasteiger partial charge in [-0.1, -0.05) is 36.9 Å². The highest BCUT2D eigenvalue weighted by Crippen LogP contribution is 2.38. The van der Waals surface area contributed by atoms with E-state index in [1.807, 2.05) is 0 Å². The molecule has 0 radical (unpaired) electrons. The molecular formula is C19H19F3N2O4S. The largest absolute Gasteiger partial charge is 0.465 e. The second kappa shape index (κ2) is 8.64. The lowest BCUT2D eigenvalue weighted by atomic mass is 10.0. The Labute approximate surface area is 166 Å². The van der Waals surface area contributed by atoms with Crippen molar-refractivity contribution in [3.63, 3.8) is 0 Å². The van der Waals surface area contributed by atoms with Crippen molar-refractivity contribution in [2.24, 2.45) is 0 Å². The quantitative estimate of drug-likeness (QED) is 0.496. The Hall–Kier alpha value is -2.88. The number of halogens is 3. The van der Waals surface area contributed by atoms with Gasteiger partial charge in [0.05, 0.1) is 11.5 Å². The van der Waals surface area contributed by atoms with Crippen LogP contribution in [0.4, 0.5) is 13.2 Å². The zero-order valence-electron chi connectivity index (χ0n) is 15.7. The van der Waals surface area contributed by atoms with Crippen molar-refractivity contribution in [2.75, 3.05) is 12.9 Å². The van der Waals surface area contributed by atoms with E-state index in [9.17, 15) is 26.4 Å². The van der Waals surface area contributed by atoms with Crippen LogP contribution < -0.4 is 0 Å². The van der Waals surface area contributed by atoms with Crippen molar-refractivity contribution in [3.8, 4) is 11.3 Å². The predicted molar refractivity (Wildman–Crippen MR) is 102 cm³/mol. The molecule has 0 aliphatic carbocycles. The number of ether oxygens (including phenoxy) is 1. The number of sulfone groups is 1. The van der Waals surface area contributed by atoms with Crippen LogP contribution in [0.25, 0.3) is 17.3 Å². The van der Waals surface area contributed by atoms with Crippen LogP contribution in [0.3, 0.4) is 0 Å². The molecule has 1 heterocycles. The van der Waals surface area contributed by atoms with Crippen LogP contribution in [0.5, 0.6) is 0 Å². The van der Waals surface area contributed by atoms with Crippen LogP contribution in [-0.2, 0) is 32.1 Å². The van der Waals surface area contributed by atoms with E-state index < -0.39 is 34.2 Å². The molecule has 10 heteroatoms. The highest BCUT2D eigenvalue weighted by atomic mass is 32.2. The van der Waals surface area contributed by atoms with Crippen molar-refractivity contribution in [3.05, 3.63) is 54.3 Å². The first-order chi connectivity index (χ1) is 13.5. The van der Waals surface area contributed by atoms with E-state index in [4.69, 9.17) is 4.74 Å². The third-order valence-corrected chi connectivity index (χ3v) is 4.93. The summed E-state index contributed by atoms with van der Waals surface area (Å²) in [6, 6.07) is 5.28. The second-order valence-corrected chi connectivity index (χ2v) is 7.98. The predicted octanol–water partition coefficient (Wildman–Crippen LogP) is 3.73. The molecule has 0 bridgehead atoms. The van der Waals surface area contributed by atoms with Crippen LogP contribution in [0.15, 0.2) is 47.9 Å². The molecule has 0 aliphatic rings. The van der Waals surface area contributed by atoms with E-state index in [0.29, 0.717) is 4.68 Å². The molecule has 0 fully saturated rings. The summed E-state index contributed by atoms with van der Waals surface area (Å²) < 4.78 is 69.8. The standard InChI is InChI=1S/C19H19F3N2O4S/c1-4-6-7-15-17(13-8-10-14(11-9-13)29(3,26)27)23-24(12-16(25)28-5-2)18(15)19(20,21)22/h4,6-11H,1,5,12H2,2-3H3/b7-6+. The number of hydrogen-bond donors (Lipinski definition) is 0. The normalized spacial score (nSPS) is 12.3. The lowest BCUT2D eigenvalue weighted by molar-refractivity contribution is -0.149. The van der Waals surface area contributed by atoms with Crippen LogP contribution in [0, 0.1) is 0 Å². The fourth-order valence-electron chi connectivity index (χ4n) is 2.61. The van der Waals surface area contributed by atoms with Gasteiger partial charge in [0, 0.05) is 17.4 Å². The summed E-state index contributed by atoms with van der Waals surface area (Å²) >= 11 is 0. The van der Waals surface area contributed by atoms with Gasteiger partial charge in [-0.15, -0.1) is 0 Å². The number of hydrogen-bond acceptors (Lipinski definition) is 5. The molecule has 1 aromatic heterocycles. The minimum absolute atomic E-state index is 0.0183. The number of aromatic nitrogens is 2. The highest BCUT2D eigenvalue weighted by Gasteiger charge is 2.40. The second-order valence-electron chi connectivity index (χ2n) is 5.96. The smallest absolute Gasteiger partial charge is 0.433 e. The number of alkyl halides is 3. The van der Waals surface area contributed by atoms with Crippen molar-refractivity contribution in [1.29, 1.82) is 0 Å². The van der Waals surface area contributed by atoms with Gasteiger partial charge in [-0.3, -0.25) is 4.79 Å². The van der Waals surface area contributed by atoms with Crippen molar-refractivity contribution >= 4 is 21.9 Å². The van der Waals surface area contributed by atoms with E-state index in [2.05, 4.69) is 11.7 Å². The maximum Gasteiger partial charge on any atom is 0.433 e. The highest BCUT2D eigenvalue weighted by molar-refractivity contribution is 7.90. The molecule has 0 amide bonds. The first kappa shape index (κ1) is 22.4. The van der Waals surface area contributed by atoms with Gasteiger partial charge in [-0.05, 0) is 19.1 Å². The monoisotopic (exact) mass is 428 g/mol. The number of nitrogens with zero attached hydrogens (tertiary/aromatic N) is 2. The van der Waals surface area contributed by atoms with Crippen LogP contribution >= 0.6 is 0 Å². The lowest BCUT2D eigenvalue weighted by Crippen LogP contribution is -2.21. The third-order valence-electron chi connectivity index (χ3n) is 3.80. The van der Waals surface area contributed by atoms with E-state index >= 15 is 0 Å². The maximum atomic E-state index is 13.8. The Balaban J connectivity index is 2.70. The summed E-state index contributed by atoms with van der Waals surface area (Å²) in [6.45, 7) is 4.29. The lowest BCUT2D eigenvalue weighted by Gasteiger charge is -2.11. The van der Waals surface area contributed by atoms with Gasteiger partial charge in [0.25, 0.3) is 0 Å². The molecule has 0 aliphatic heterocycles. The van der Waals surface area contributed by atoms with Gasteiger partial charge in [0.15, 0.2) is 15.5 Å². The maximum absolute atomic E-state index is 13.8. The van der Waals surface area contributed by atoms with Gasteiger partial charge in [0.2, 0.25) is 0 Å². The molecule has 1 aromatic carbocycles. The summed E-state index contributed by atoms with van der Waals surface area (Å²) in [7, 11) is -3.47. The Morgan fingerprint density at radius 1 is 1.28 bits per heavy atom. The number of carbonyl (C=O) groups excluding carboxylic acids is 1. The first-order valence-corrected chi connectivity index (χ1v) is 10.3. The number of benzene rings is 1. The zero-order chi connectivity index (χ0) is 21.8. The van der Waals surface area contributed by atoms with E-state index in [-0.39, 0.29) is 28.3 Å². The Morgan fingerprint density at radius 3 is 2.38 bits per heavy atom.